The quantitative estimate of drug-likeness (QED) is 0.298. The lowest BCUT2D eigenvalue weighted by Crippen LogP contribution is -2.45. The van der Waals surface area contributed by atoms with Crippen LogP contribution in [0.15, 0.2) is 34.9 Å². The van der Waals surface area contributed by atoms with Crippen LogP contribution in [0.2, 0.25) is 10.0 Å². The molecule has 2 saturated carbocycles. The number of hydrogen-bond donors (Lipinski definition) is 1. The fourth-order valence-corrected chi connectivity index (χ4v) is 6.19. The van der Waals surface area contributed by atoms with Gasteiger partial charge in [0.1, 0.15) is 27.6 Å². The van der Waals surface area contributed by atoms with E-state index in [0.29, 0.717) is 49.8 Å². The Kier molecular flexibility index (Phi) is 5.59. The average molecular weight is 530 g/mol. The normalized spacial score (nSPS) is 21.7. The van der Waals surface area contributed by atoms with Crippen molar-refractivity contribution >= 4 is 44.8 Å². The molecule has 2 aliphatic carbocycles. The second-order valence-electron chi connectivity index (χ2n) is 9.05. The summed E-state index contributed by atoms with van der Waals surface area (Å²) in [5.74, 6) is 0.536. The molecule has 1 N–H and O–H groups in total. The minimum Gasteiger partial charge on any atom is -0.382 e. The van der Waals surface area contributed by atoms with Crippen molar-refractivity contribution in [2.24, 2.45) is 0 Å². The number of nitriles is 1. The van der Waals surface area contributed by atoms with E-state index in [1.807, 2.05) is 6.07 Å². The molecule has 6 nitrogen and oxygen atoms in total. The molecule has 2 aliphatic rings. The zero-order chi connectivity index (χ0) is 24.3. The first kappa shape index (κ1) is 22.9. The molecule has 10 heteroatoms. The zero-order valence-electron chi connectivity index (χ0n) is 18.2. The first-order valence-electron chi connectivity index (χ1n) is 11.1. The molecule has 4 aromatic rings. The summed E-state index contributed by atoms with van der Waals surface area (Å²) < 4.78 is 26.7. The van der Waals surface area contributed by atoms with E-state index in [0.717, 1.165) is 30.2 Å². The second-order valence-corrected chi connectivity index (χ2v) is 10.9. The van der Waals surface area contributed by atoms with E-state index in [2.05, 4.69) is 10.1 Å². The summed E-state index contributed by atoms with van der Waals surface area (Å²) in [5, 5.41) is 25.8. The number of halogens is 3. The van der Waals surface area contributed by atoms with E-state index < -0.39 is 11.4 Å². The number of benzene rings is 2. The lowest BCUT2D eigenvalue weighted by Gasteiger charge is -2.41. The lowest BCUT2D eigenvalue weighted by atomic mass is 9.78. The van der Waals surface area contributed by atoms with Crippen LogP contribution in [0.5, 0.6) is 0 Å². The van der Waals surface area contributed by atoms with Gasteiger partial charge >= 0.3 is 0 Å². The maximum Gasteiger partial charge on any atom is 0.151 e. The van der Waals surface area contributed by atoms with Crippen molar-refractivity contribution in [1.29, 1.82) is 5.26 Å². The van der Waals surface area contributed by atoms with Gasteiger partial charge in [0.15, 0.2) is 5.82 Å². The van der Waals surface area contributed by atoms with Gasteiger partial charge in [-0.15, -0.1) is 11.3 Å². The van der Waals surface area contributed by atoms with Gasteiger partial charge in [-0.25, -0.2) is 9.37 Å². The lowest BCUT2D eigenvalue weighted by molar-refractivity contribution is -0.149. The molecule has 0 radical (unpaired) electrons. The molecule has 2 aromatic carbocycles. The van der Waals surface area contributed by atoms with E-state index >= 15 is 0 Å². The fourth-order valence-electron chi connectivity index (χ4n) is 4.49. The van der Waals surface area contributed by atoms with Gasteiger partial charge in [-0.1, -0.05) is 34.4 Å². The highest BCUT2D eigenvalue weighted by atomic mass is 35.5. The molecule has 0 aliphatic heterocycles. The molecule has 0 bridgehead atoms. The third kappa shape index (κ3) is 4.02. The van der Waals surface area contributed by atoms with E-state index in [4.69, 9.17) is 37.7 Å². The van der Waals surface area contributed by atoms with Gasteiger partial charge in [0.25, 0.3) is 0 Å². The Balaban J connectivity index is 1.21. The summed E-state index contributed by atoms with van der Waals surface area (Å²) in [6, 6.07) is 9.97. The number of aromatic nitrogens is 2. The van der Waals surface area contributed by atoms with Crippen LogP contribution in [0.4, 0.5) is 4.39 Å². The van der Waals surface area contributed by atoms with Crippen molar-refractivity contribution in [3.05, 3.63) is 68.1 Å². The Labute approximate surface area is 213 Å². The first-order chi connectivity index (χ1) is 16.9. The van der Waals surface area contributed by atoms with Crippen molar-refractivity contribution < 1.29 is 18.8 Å². The summed E-state index contributed by atoms with van der Waals surface area (Å²) in [6.45, 7) is 0.243. The van der Waals surface area contributed by atoms with Gasteiger partial charge in [-0.3, -0.25) is 0 Å². The molecule has 0 atom stereocenters. The molecule has 0 unspecified atom stereocenters. The van der Waals surface area contributed by atoms with Crippen LogP contribution in [-0.2, 0) is 16.9 Å². The van der Waals surface area contributed by atoms with Crippen LogP contribution < -0.4 is 0 Å². The van der Waals surface area contributed by atoms with Gasteiger partial charge in [0.2, 0.25) is 0 Å². The number of aliphatic hydroxyl groups is 1. The van der Waals surface area contributed by atoms with Crippen molar-refractivity contribution in [1.82, 2.24) is 10.1 Å². The molecular weight excluding hydrogens is 512 g/mol. The Morgan fingerprint density at radius 3 is 2.69 bits per heavy atom. The summed E-state index contributed by atoms with van der Waals surface area (Å²) >= 11 is 14.0. The Morgan fingerprint density at radius 2 is 2.00 bits per heavy atom. The van der Waals surface area contributed by atoms with E-state index in [1.54, 1.807) is 24.3 Å². The topological polar surface area (TPSA) is 92.2 Å². The summed E-state index contributed by atoms with van der Waals surface area (Å²) in [7, 11) is 0. The van der Waals surface area contributed by atoms with Gasteiger partial charge in [-0.2, -0.15) is 5.26 Å². The predicted octanol–water partition coefficient (Wildman–Crippen LogP) is 6.71. The average Bonchev–Trinajstić information content (AvgIpc) is 3.42. The Bertz CT molecular complexity index is 1480. The predicted molar refractivity (Wildman–Crippen MR) is 130 cm³/mol. The number of thiazole rings is 1. The fraction of sp³-hybridized carbons (Fsp3) is 0.320. The van der Waals surface area contributed by atoms with Crippen LogP contribution in [0.1, 0.15) is 53.5 Å². The molecule has 2 aromatic heterocycles. The second kappa shape index (κ2) is 8.54. The van der Waals surface area contributed by atoms with Crippen LogP contribution in [0.25, 0.3) is 21.5 Å². The van der Waals surface area contributed by atoms with Gasteiger partial charge in [0.05, 0.1) is 39.1 Å². The number of hydrogen-bond acceptors (Lipinski definition) is 7. The molecule has 178 valence electrons. The number of ether oxygens (including phenoxy) is 1. The SMILES string of the molecule is N#Cc1cc(F)c2nc([C@]3(O)C[C@@H](OCc4c(-c5c(Cl)cccc5Cl)noc4C4CC4)C3)sc2c1. The monoisotopic (exact) mass is 529 g/mol. The van der Waals surface area contributed by atoms with Crippen molar-refractivity contribution in [2.45, 2.75) is 49.9 Å². The van der Waals surface area contributed by atoms with E-state index in [1.165, 1.54) is 11.3 Å². The third-order valence-electron chi connectivity index (χ3n) is 6.54. The molecular formula is C25H18Cl2FN3O3S. The molecule has 6 rings (SSSR count). The highest BCUT2D eigenvalue weighted by molar-refractivity contribution is 7.18. The summed E-state index contributed by atoms with van der Waals surface area (Å²) in [6.07, 6.45) is 2.49. The van der Waals surface area contributed by atoms with Crippen molar-refractivity contribution in [2.75, 3.05) is 0 Å². The molecule has 35 heavy (non-hydrogen) atoms. The highest BCUT2D eigenvalue weighted by Gasteiger charge is 2.47. The number of rotatable bonds is 6. The molecule has 0 saturated heterocycles. The van der Waals surface area contributed by atoms with Gasteiger partial charge < -0.3 is 14.4 Å². The van der Waals surface area contributed by atoms with E-state index in [-0.39, 0.29) is 23.8 Å². The van der Waals surface area contributed by atoms with Gasteiger partial charge in [-0.05, 0) is 37.1 Å². The highest BCUT2D eigenvalue weighted by Crippen LogP contribution is 2.48. The maximum atomic E-state index is 14.3. The largest absolute Gasteiger partial charge is 0.382 e. The van der Waals surface area contributed by atoms with Crippen LogP contribution in [-0.4, -0.2) is 21.4 Å². The minimum absolute atomic E-state index is 0.168. The van der Waals surface area contributed by atoms with Crippen molar-refractivity contribution in [3.8, 4) is 17.3 Å². The van der Waals surface area contributed by atoms with Crippen LogP contribution in [0.3, 0.4) is 0 Å². The maximum absolute atomic E-state index is 14.3. The molecule has 2 fully saturated rings. The Morgan fingerprint density at radius 1 is 1.26 bits per heavy atom. The number of fused-ring (bicyclic) bond motifs is 1. The number of nitrogens with zero attached hydrogens (tertiary/aromatic N) is 3. The zero-order valence-corrected chi connectivity index (χ0v) is 20.6. The molecule has 2 heterocycles. The Hall–Kier alpha value is -2.54. The van der Waals surface area contributed by atoms with Crippen LogP contribution in [0, 0.1) is 17.1 Å². The first-order valence-corrected chi connectivity index (χ1v) is 12.7. The smallest absolute Gasteiger partial charge is 0.151 e. The van der Waals surface area contributed by atoms with E-state index in [9.17, 15) is 9.50 Å². The van der Waals surface area contributed by atoms with Crippen LogP contribution >= 0.6 is 34.5 Å². The standard InChI is InChI=1S/C25H18Cl2FN3O3S/c26-16-2-1-3-17(27)20(16)21-15(23(34-31-21)13-4-5-13)11-33-14-8-25(32,9-14)24-30-22-18(28)6-12(10-29)7-19(22)35-24/h1-3,6-7,13-14,32H,4-5,8-9,11H2/t14-,25+. The third-order valence-corrected chi connectivity index (χ3v) is 8.36. The van der Waals surface area contributed by atoms with Crippen molar-refractivity contribution in [3.63, 3.8) is 0 Å². The summed E-state index contributed by atoms with van der Waals surface area (Å²) in [5.41, 5.74) is 1.21. The summed E-state index contributed by atoms with van der Waals surface area (Å²) in [4.78, 5) is 4.32. The minimum atomic E-state index is -1.20. The molecule has 0 spiro atoms. The van der Waals surface area contributed by atoms with Gasteiger partial charge in [0, 0.05) is 29.9 Å². The molecule has 0 amide bonds.